The van der Waals surface area contributed by atoms with Crippen molar-refractivity contribution in [2.75, 3.05) is 27.7 Å². The number of amides is 3. The second kappa shape index (κ2) is 15.3. The number of benzene rings is 2. The smallest absolute Gasteiger partial charge is 0.270 e. The summed E-state index contributed by atoms with van der Waals surface area (Å²) in [5.41, 5.74) is 2.77. The molecule has 4 aromatic rings. The number of pyridine rings is 1. The lowest BCUT2D eigenvalue weighted by Crippen LogP contribution is -2.44. The van der Waals surface area contributed by atoms with Crippen LogP contribution in [0.15, 0.2) is 60.1 Å². The minimum Gasteiger partial charge on any atom is -0.508 e. The number of hydrogen-bond acceptors (Lipinski definition) is 9. The lowest BCUT2D eigenvalue weighted by molar-refractivity contribution is -0.129. The molecule has 1 aliphatic carbocycles. The van der Waals surface area contributed by atoms with Crippen molar-refractivity contribution in [2.24, 2.45) is 0 Å². The molecule has 11 nitrogen and oxygen atoms in total. The first-order chi connectivity index (χ1) is 22.9. The molecule has 13 heteroatoms. The molecule has 3 amide bonds. The van der Waals surface area contributed by atoms with Crippen LogP contribution in [0.5, 0.6) is 17.4 Å². The first kappa shape index (κ1) is 34.5. The molecule has 0 unspecified atom stereocenters. The van der Waals surface area contributed by atoms with E-state index >= 15 is 0 Å². The van der Waals surface area contributed by atoms with Crippen molar-refractivity contribution in [1.82, 2.24) is 30.4 Å². The molecule has 252 valence electrons. The number of ether oxygens (including phenoxy) is 1. The van der Waals surface area contributed by atoms with E-state index in [1.807, 2.05) is 24.9 Å². The predicted molar refractivity (Wildman–Crippen MR) is 181 cm³/mol. The van der Waals surface area contributed by atoms with Crippen molar-refractivity contribution in [2.45, 2.75) is 51.2 Å². The largest absolute Gasteiger partial charge is 0.508 e. The molecule has 2 aromatic carbocycles. The highest BCUT2D eigenvalue weighted by Crippen LogP contribution is 2.32. The highest BCUT2D eigenvalue weighted by Gasteiger charge is 2.26. The van der Waals surface area contributed by atoms with E-state index in [9.17, 15) is 23.9 Å². The molecule has 0 radical (unpaired) electrons. The van der Waals surface area contributed by atoms with Gasteiger partial charge in [0.15, 0.2) is 0 Å². The monoisotopic (exact) mass is 674 g/mol. The lowest BCUT2D eigenvalue weighted by Gasteiger charge is -2.29. The number of aromatic nitrogens is 2. The first-order valence-electron chi connectivity index (χ1n) is 15.6. The Bertz CT molecular complexity index is 1790. The van der Waals surface area contributed by atoms with Crippen LogP contribution < -0.4 is 15.4 Å². The molecule has 0 bridgehead atoms. The zero-order valence-electron chi connectivity index (χ0n) is 27.3. The van der Waals surface area contributed by atoms with E-state index in [1.54, 1.807) is 55.9 Å². The number of hydrogen-bond donors (Lipinski definition) is 3. The minimum absolute atomic E-state index is 0.0234. The molecule has 1 fully saturated rings. The topological polar surface area (TPSA) is 137 Å². The maximum Gasteiger partial charge on any atom is 0.270 e. The molecule has 2 heterocycles. The van der Waals surface area contributed by atoms with Crippen LogP contribution in [-0.4, -0.2) is 82.4 Å². The van der Waals surface area contributed by atoms with Crippen LogP contribution in [-0.2, 0) is 11.3 Å². The number of rotatable bonds is 11. The van der Waals surface area contributed by atoms with Crippen LogP contribution in [0.4, 0.5) is 4.39 Å². The van der Waals surface area contributed by atoms with Gasteiger partial charge in [0.25, 0.3) is 11.8 Å². The Kier molecular flexibility index (Phi) is 11.0. The van der Waals surface area contributed by atoms with Gasteiger partial charge in [-0.3, -0.25) is 19.3 Å². The zero-order chi connectivity index (χ0) is 34.4. The summed E-state index contributed by atoms with van der Waals surface area (Å²) >= 11 is 1.42. The van der Waals surface area contributed by atoms with E-state index in [2.05, 4.69) is 20.6 Å². The molecule has 0 spiro atoms. The molecule has 1 aliphatic rings. The third-order valence-electron chi connectivity index (χ3n) is 8.10. The standard InChI is InChI=1S/C35H39FN6O5S/c1-21-38-31(20-48-21)34(46)40-26-10-8-25(9-11-26)39-33(45)30-16-24(36)17-37-35(30)47-28-7-5-6-22(15-28)29-13-12-27(43)14-23(29)18-42(4)19-32(44)41(2)3/h5-7,12-17,20,25-26,43H,8-11,18-19H2,1-4H3,(H,39,45)(H,40,46)/t25-,26-. The van der Waals surface area contributed by atoms with Crippen LogP contribution >= 0.6 is 11.3 Å². The lowest BCUT2D eigenvalue weighted by atomic mass is 9.91. The number of carbonyl (C=O) groups excluding carboxylic acids is 3. The van der Waals surface area contributed by atoms with Crippen LogP contribution in [0.3, 0.4) is 0 Å². The molecule has 0 saturated heterocycles. The highest BCUT2D eigenvalue weighted by atomic mass is 32.1. The number of nitrogens with one attached hydrogen (secondary N) is 2. The number of carbonyl (C=O) groups is 3. The molecule has 0 atom stereocenters. The van der Waals surface area contributed by atoms with Gasteiger partial charge in [0.1, 0.15) is 28.6 Å². The fraction of sp³-hybridized carbons (Fsp3) is 0.343. The number of aromatic hydroxyl groups is 1. The van der Waals surface area contributed by atoms with E-state index in [0.717, 1.165) is 34.0 Å². The Morgan fingerprint density at radius 2 is 1.71 bits per heavy atom. The van der Waals surface area contributed by atoms with Crippen molar-refractivity contribution in [3.05, 3.63) is 87.8 Å². The number of phenols is 1. The molecule has 1 saturated carbocycles. The van der Waals surface area contributed by atoms with Gasteiger partial charge in [0.2, 0.25) is 11.8 Å². The van der Waals surface area contributed by atoms with Crippen LogP contribution in [0.2, 0.25) is 0 Å². The van der Waals surface area contributed by atoms with Crippen LogP contribution in [0.1, 0.15) is 57.1 Å². The molecule has 2 aromatic heterocycles. The summed E-state index contributed by atoms with van der Waals surface area (Å²) in [6.07, 6.45) is 3.63. The molecule has 3 N–H and O–H groups in total. The Labute approximate surface area is 282 Å². The summed E-state index contributed by atoms with van der Waals surface area (Å²) in [6, 6.07) is 13.1. The Morgan fingerprint density at radius 3 is 2.38 bits per heavy atom. The number of phenolic OH excluding ortho intramolecular Hbond substituents is 1. The number of halogens is 1. The van der Waals surface area contributed by atoms with Crippen molar-refractivity contribution in [3.63, 3.8) is 0 Å². The average molecular weight is 675 g/mol. The summed E-state index contributed by atoms with van der Waals surface area (Å²) in [5, 5.41) is 18.8. The second-order valence-corrected chi connectivity index (χ2v) is 13.2. The summed E-state index contributed by atoms with van der Waals surface area (Å²) in [7, 11) is 5.23. The van der Waals surface area contributed by atoms with Crippen molar-refractivity contribution >= 4 is 29.1 Å². The van der Waals surface area contributed by atoms with Crippen LogP contribution in [0, 0.1) is 12.7 Å². The zero-order valence-corrected chi connectivity index (χ0v) is 28.1. The van der Waals surface area contributed by atoms with E-state index in [0.29, 0.717) is 43.7 Å². The average Bonchev–Trinajstić information content (AvgIpc) is 3.49. The second-order valence-electron chi connectivity index (χ2n) is 12.2. The van der Waals surface area contributed by atoms with Gasteiger partial charge in [-0.1, -0.05) is 18.2 Å². The predicted octanol–water partition coefficient (Wildman–Crippen LogP) is 5.14. The third kappa shape index (κ3) is 8.92. The van der Waals surface area contributed by atoms with Crippen molar-refractivity contribution in [1.29, 1.82) is 0 Å². The Balaban J connectivity index is 1.25. The van der Waals surface area contributed by atoms with Gasteiger partial charge >= 0.3 is 0 Å². The number of thiazole rings is 1. The van der Waals surface area contributed by atoms with E-state index in [-0.39, 0.29) is 47.6 Å². The minimum atomic E-state index is -0.671. The van der Waals surface area contributed by atoms with Gasteiger partial charge < -0.3 is 25.4 Å². The molecule has 48 heavy (non-hydrogen) atoms. The maximum absolute atomic E-state index is 14.3. The molecule has 5 rings (SSSR count). The number of likely N-dealkylation sites (N-methyl/N-ethyl adjacent to an activating group) is 2. The van der Waals surface area contributed by atoms with E-state index in [4.69, 9.17) is 4.74 Å². The van der Waals surface area contributed by atoms with Gasteiger partial charge in [-0.15, -0.1) is 11.3 Å². The SMILES string of the molecule is Cc1nc(C(=O)N[C@H]2CC[C@H](NC(=O)c3cc(F)cnc3Oc3cccc(-c4ccc(O)cc4CN(C)CC(=O)N(C)C)c3)CC2)cs1. The van der Waals surface area contributed by atoms with Crippen LogP contribution in [0.25, 0.3) is 11.1 Å². The normalized spacial score (nSPS) is 16.0. The van der Waals surface area contributed by atoms with Gasteiger partial charge in [-0.2, -0.15) is 0 Å². The molecule has 0 aliphatic heterocycles. The summed E-state index contributed by atoms with van der Waals surface area (Å²) in [6.45, 7) is 2.46. The van der Waals surface area contributed by atoms with Gasteiger partial charge in [-0.05, 0) is 86.7 Å². The first-order valence-corrected chi connectivity index (χ1v) is 16.5. The fourth-order valence-corrected chi connectivity index (χ4v) is 6.19. The van der Waals surface area contributed by atoms with E-state index < -0.39 is 11.7 Å². The summed E-state index contributed by atoms with van der Waals surface area (Å²) < 4.78 is 20.4. The Hall–Kier alpha value is -4.88. The van der Waals surface area contributed by atoms with Gasteiger partial charge in [-0.25, -0.2) is 14.4 Å². The number of aryl methyl sites for hydroxylation is 1. The fourth-order valence-electron chi connectivity index (χ4n) is 5.59. The maximum atomic E-state index is 14.3. The van der Waals surface area contributed by atoms with Gasteiger partial charge in [0.05, 0.1) is 17.7 Å². The third-order valence-corrected chi connectivity index (χ3v) is 8.88. The quantitative estimate of drug-likeness (QED) is 0.199. The molecular formula is C35H39FN6O5S. The van der Waals surface area contributed by atoms with Crippen molar-refractivity contribution < 1.29 is 28.6 Å². The molecular weight excluding hydrogens is 635 g/mol. The number of nitrogens with zero attached hydrogens (tertiary/aromatic N) is 4. The van der Waals surface area contributed by atoms with E-state index in [1.165, 1.54) is 16.2 Å². The highest BCUT2D eigenvalue weighted by molar-refractivity contribution is 7.09. The Morgan fingerprint density at radius 1 is 1.00 bits per heavy atom. The van der Waals surface area contributed by atoms with Crippen molar-refractivity contribution in [3.8, 4) is 28.5 Å². The van der Waals surface area contributed by atoms with Gasteiger partial charge in [0, 0.05) is 38.1 Å². The summed E-state index contributed by atoms with van der Waals surface area (Å²) in [4.78, 5) is 49.8. The summed E-state index contributed by atoms with van der Waals surface area (Å²) in [5.74, 6) is -0.983.